The van der Waals surface area contributed by atoms with Crippen molar-refractivity contribution in [2.75, 3.05) is 6.54 Å². The van der Waals surface area contributed by atoms with Crippen LogP contribution in [0.3, 0.4) is 0 Å². The highest BCUT2D eigenvalue weighted by Crippen LogP contribution is 2.29. The van der Waals surface area contributed by atoms with Crippen molar-refractivity contribution in [3.8, 4) is 0 Å². The van der Waals surface area contributed by atoms with Gasteiger partial charge in [0.25, 0.3) is 0 Å². The minimum atomic E-state index is -1.02. The molecule has 0 radical (unpaired) electrons. The van der Waals surface area contributed by atoms with Gasteiger partial charge in [0.15, 0.2) is 0 Å². The molecule has 98 valence electrons. The maximum Gasteiger partial charge on any atom is 0.407 e. The summed E-state index contributed by atoms with van der Waals surface area (Å²) < 4.78 is 0. The quantitative estimate of drug-likeness (QED) is 0.862. The molecule has 1 fully saturated rings. The Morgan fingerprint density at radius 2 is 2.11 bits per heavy atom. The van der Waals surface area contributed by atoms with E-state index >= 15 is 0 Å². The SMILES string of the molecule is CC(O)(Cc1ccccc1)C1CCCN1C(=O)O. The van der Waals surface area contributed by atoms with Crippen LogP contribution in [0.15, 0.2) is 30.3 Å². The van der Waals surface area contributed by atoms with Gasteiger partial charge in [-0.15, -0.1) is 0 Å². The number of likely N-dealkylation sites (tertiary alicyclic amines) is 1. The average Bonchev–Trinajstić information content (AvgIpc) is 2.79. The van der Waals surface area contributed by atoms with Crippen LogP contribution >= 0.6 is 0 Å². The second kappa shape index (κ2) is 4.98. The van der Waals surface area contributed by atoms with Crippen LogP contribution in [0, 0.1) is 0 Å². The van der Waals surface area contributed by atoms with Crippen LogP contribution in [0.1, 0.15) is 25.3 Å². The van der Waals surface area contributed by atoms with Gasteiger partial charge in [-0.05, 0) is 25.3 Å². The van der Waals surface area contributed by atoms with Crippen molar-refractivity contribution in [2.24, 2.45) is 0 Å². The van der Waals surface area contributed by atoms with Crippen molar-refractivity contribution in [2.45, 2.75) is 37.8 Å². The Morgan fingerprint density at radius 3 is 2.72 bits per heavy atom. The van der Waals surface area contributed by atoms with Gasteiger partial charge in [-0.25, -0.2) is 4.79 Å². The maximum absolute atomic E-state index is 11.1. The number of nitrogens with zero attached hydrogens (tertiary/aromatic N) is 1. The monoisotopic (exact) mass is 249 g/mol. The van der Waals surface area contributed by atoms with E-state index in [1.807, 2.05) is 30.3 Å². The number of carboxylic acid groups (broad SMARTS) is 1. The predicted molar refractivity (Wildman–Crippen MR) is 68.5 cm³/mol. The molecule has 1 amide bonds. The molecule has 1 aromatic carbocycles. The number of hydrogen-bond acceptors (Lipinski definition) is 2. The summed E-state index contributed by atoms with van der Waals surface area (Å²) in [7, 11) is 0. The fourth-order valence-electron chi connectivity index (χ4n) is 2.77. The maximum atomic E-state index is 11.1. The van der Waals surface area contributed by atoms with Gasteiger partial charge in [0.05, 0.1) is 11.6 Å². The van der Waals surface area contributed by atoms with E-state index in [2.05, 4.69) is 0 Å². The first-order valence-corrected chi connectivity index (χ1v) is 6.26. The van der Waals surface area contributed by atoms with E-state index in [0.29, 0.717) is 13.0 Å². The van der Waals surface area contributed by atoms with Crippen molar-refractivity contribution in [3.63, 3.8) is 0 Å². The molecule has 1 aliphatic rings. The fraction of sp³-hybridized carbons (Fsp3) is 0.500. The molecule has 2 unspecified atom stereocenters. The van der Waals surface area contributed by atoms with Crippen molar-refractivity contribution in [1.82, 2.24) is 4.90 Å². The molecule has 1 aliphatic heterocycles. The van der Waals surface area contributed by atoms with Crippen LogP contribution in [0.2, 0.25) is 0 Å². The van der Waals surface area contributed by atoms with Gasteiger partial charge < -0.3 is 15.1 Å². The topological polar surface area (TPSA) is 60.8 Å². The molecule has 2 N–H and O–H groups in total. The lowest BCUT2D eigenvalue weighted by Crippen LogP contribution is -2.50. The van der Waals surface area contributed by atoms with E-state index in [1.54, 1.807) is 6.92 Å². The molecule has 1 aromatic rings. The van der Waals surface area contributed by atoms with E-state index in [0.717, 1.165) is 18.4 Å². The van der Waals surface area contributed by atoms with Crippen molar-refractivity contribution >= 4 is 6.09 Å². The second-order valence-electron chi connectivity index (χ2n) is 5.15. The molecule has 0 saturated carbocycles. The Labute approximate surface area is 107 Å². The summed E-state index contributed by atoms with van der Waals surface area (Å²) in [5, 5.41) is 19.7. The number of carbonyl (C=O) groups is 1. The van der Waals surface area contributed by atoms with Crippen LogP contribution in [0.4, 0.5) is 4.79 Å². The lowest BCUT2D eigenvalue weighted by molar-refractivity contribution is -0.0129. The zero-order valence-corrected chi connectivity index (χ0v) is 10.5. The standard InChI is InChI=1S/C14H19NO3/c1-14(18,10-11-6-3-2-4-7-11)12-8-5-9-15(12)13(16)17/h2-4,6-7,12,18H,5,8-10H2,1H3,(H,16,17). The predicted octanol–water partition coefficient (Wildman–Crippen LogP) is 2.12. The van der Waals surface area contributed by atoms with Gasteiger partial charge >= 0.3 is 6.09 Å². The Morgan fingerprint density at radius 1 is 1.44 bits per heavy atom. The van der Waals surface area contributed by atoms with Gasteiger partial charge in [-0.2, -0.15) is 0 Å². The van der Waals surface area contributed by atoms with E-state index in [4.69, 9.17) is 5.11 Å². The van der Waals surface area contributed by atoms with Crippen molar-refractivity contribution < 1.29 is 15.0 Å². The third-order valence-corrected chi connectivity index (χ3v) is 3.62. The normalized spacial score (nSPS) is 22.8. The minimum absolute atomic E-state index is 0.310. The molecular formula is C14H19NO3. The number of aliphatic hydroxyl groups is 1. The zero-order valence-electron chi connectivity index (χ0n) is 10.5. The van der Waals surface area contributed by atoms with Crippen molar-refractivity contribution in [1.29, 1.82) is 0 Å². The first kappa shape index (κ1) is 12.9. The van der Waals surface area contributed by atoms with Crippen LogP contribution in [0.25, 0.3) is 0 Å². The number of amides is 1. The smallest absolute Gasteiger partial charge is 0.407 e. The molecule has 0 aromatic heterocycles. The molecule has 2 rings (SSSR count). The van der Waals surface area contributed by atoms with Crippen LogP contribution in [0.5, 0.6) is 0 Å². The lowest BCUT2D eigenvalue weighted by atomic mass is 9.87. The summed E-state index contributed by atoms with van der Waals surface area (Å²) in [5.41, 5.74) is 0.00992. The molecule has 0 spiro atoms. The summed E-state index contributed by atoms with van der Waals surface area (Å²) in [6, 6.07) is 9.37. The van der Waals surface area contributed by atoms with E-state index in [1.165, 1.54) is 4.90 Å². The number of benzene rings is 1. The first-order valence-electron chi connectivity index (χ1n) is 6.26. The van der Waals surface area contributed by atoms with Crippen LogP contribution in [-0.2, 0) is 6.42 Å². The molecule has 18 heavy (non-hydrogen) atoms. The van der Waals surface area contributed by atoms with E-state index in [9.17, 15) is 9.90 Å². The second-order valence-corrected chi connectivity index (χ2v) is 5.15. The summed E-state index contributed by atoms with van der Waals surface area (Å²) in [6.07, 6.45) is 1.09. The average molecular weight is 249 g/mol. The molecule has 4 heteroatoms. The fourth-order valence-corrected chi connectivity index (χ4v) is 2.77. The third-order valence-electron chi connectivity index (χ3n) is 3.62. The molecule has 4 nitrogen and oxygen atoms in total. The Hall–Kier alpha value is -1.55. The van der Waals surface area contributed by atoms with Gasteiger partial charge in [-0.1, -0.05) is 30.3 Å². The highest BCUT2D eigenvalue weighted by molar-refractivity contribution is 5.66. The number of rotatable bonds is 3. The van der Waals surface area contributed by atoms with Crippen LogP contribution < -0.4 is 0 Å². The molecule has 0 aliphatic carbocycles. The molecule has 1 saturated heterocycles. The zero-order chi connectivity index (χ0) is 13.2. The van der Waals surface area contributed by atoms with E-state index < -0.39 is 11.7 Å². The largest absolute Gasteiger partial charge is 0.465 e. The highest BCUT2D eigenvalue weighted by Gasteiger charge is 2.41. The Bertz CT molecular complexity index is 416. The molecular weight excluding hydrogens is 230 g/mol. The third kappa shape index (κ3) is 2.64. The minimum Gasteiger partial charge on any atom is -0.465 e. The Kier molecular flexibility index (Phi) is 3.57. The molecule has 0 bridgehead atoms. The molecule has 2 atom stereocenters. The van der Waals surface area contributed by atoms with Crippen molar-refractivity contribution in [3.05, 3.63) is 35.9 Å². The summed E-state index contributed by atoms with van der Waals surface area (Å²) in [6.45, 7) is 2.25. The Balaban J connectivity index is 2.13. The van der Waals surface area contributed by atoms with Gasteiger partial charge in [0, 0.05) is 13.0 Å². The lowest BCUT2D eigenvalue weighted by Gasteiger charge is -2.35. The summed E-state index contributed by atoms with van der Waals surface area (Å²) in [5.74, 6) is 0. The molecule has 1 heterocycles. The van der Waals surface area contributed by atoms with Gasteiger partial charge in [0.1, 0.15) is 0 Å². The summed E-state index contributed by atoms with van der Waals surface area (Å²) >= 11 is 0. The first-order chi connectivity index (χ1) is 8.50. The summed E-state index contributed by atoms with van der Waals surface area (Å²) in [4.78, 5) is 12.5. The van der Waals surface area contributed by atoms with Gasteiger partial charge in [0.2, 0.25) is 0 Å². The number of hydrogen-bond donors (Lipinski definition) is 2. The van der Waals surface area contributed by atoms with E-state index in [-0.39, 0.29) is 6.04 Å². The van der Waals surface area contributed by atoms with Crippen LogP contribution in [-0.4, -0.2) is 39.4 Å². The highest BCUT2D eigenvalue weighted by atomic mass is 16.4. The van der Waals surface area contributed by atoms with Gasteiger partial charge in [-0.3, -0.25) is 0 Å².